The summed E-state index contributed by atoms with van der Waals surface area (Å²) in [5.41, 5.74) is 2.26. The highest BCUT2D eigenvalue weighted by Crippen LogP contribution is 2.30. The molecule has 0 aliphatic heterocycles. The zero-order chi connectivity index (χ0) is 14.5. The molecule has 1 aliphatic rings. The SMILES string of the molecule is O=C(CC1CCC1)NC(c1ccccc1)c1ccccc1. The molecule has 0 spiro atoms. The molecule has 2 aromatic carbocycles. The van der Waals surface area contributed by atoms with Crippen LogP contribution in [0.1, 0.15) is 42.9 Å². The third-order valence-corrected chi connectivity index (χ3v) is 4.27. The molecule has 1 aliphatic carbocycles. The number of carbonyl (C=O) groups is 1. The van der Waals surface area contributed by atoms with Gasteiger partial charge in [-0.25, -0.2) is 0 Å². The average Bonchev–Trinajstić information content (AvgIpc) is 2.50. The van der Waals surface area contributed by atoms with E-state index >= 15 is 0 Å². The van der Waals surface area contributed by atoms with Gasteiger partial charge in [0.2, 0.25) is 5.91 Å². The summed E-state index contributed by atoms with van der Waals surface area (Å²) >= 11 is 0. The van der Waals surface area contributed by atoms with E-state index in [4.69, 9.17) is 0 Å². The first-order chi connectivity index (χ1) is 10.3. The van der Waals surface area contributed by atoms with E-state index in [0.29, 0.717) is 12.3 Å². The lowest BCUT2D eigenvalue weighted by Gasteiger charge is -2.26. The molecule has 0 saturated heterocycles. The van der Waals surface area contributed by atoms with Gasteiger partial charge in [0, 0.05) is 6.42 Å². The predicted molar refractivity (Wildman–Crippen MR) is 84.8 cm³/mol. The Morgan fingerprint density at radius 1 is 0.952 bits per heavy atom. The van der Waals surface area contributed by atoms with E-state index in [2.05, 4.69) is 29.6 Å². The van der Waals surface area contributed by atoms with E-state index in [0.717, 1.165) is 11.1 Å². The van der Waals surface area contributed by atoms with Crippen molar-refractivity contribution in [3.05, 3.63) is 71.8 Å². The first-order valence-corrected chi connectivity index (χ1v) is 7.72. The van der Waals surface area contributed by atoms with E-state index in [-0.39, 0.29) is 11.9 Å². The maximum absolute atomic E-state index is 12.3. The van der Waals surface area contributed by atoms with Gasteiger partial charge in [0.05, 0.1) is 6.04 Å². The highest BCUT2D eigenvalue weighted by atomic mass is 16.1. The summed E-state index contributed by atoms with van der Waals surface area (Å²) in [5, 5.41) is 3.21. The van der Waals surface area contributed by atoms with Gasteiger partial charge in [-0.2, -0.15) is 0 Å². The molecule has 3 rings (SSSR count). The molecule has 1 amide bonds. The maximum atomic E-state index is 12.3. The molecule has 21 heavy (non-hydrogen) atoms. The van der Waals surface area contributed by atoms with Crippen molar-refractivity contribution < 1.29 is 4.79 Å². The zero-order valence-corrected chi connectivity index (χ0v) is 12.2. The standard InChI is InChI=1S/C19H21NO/c21-18(14-15-8-7-9-15)20-19(16-10-3-1-4-11-16)17-12-5-2-6-13-17/h1-6,10-13,15,19H,7-9,14H2,(H,20,21). The summed E-state index contributed by atoms with van der Waals surface area (Å²) in [6.45, 7) is 0. The number of carbonyl (C=O) groups excluding carboxylic acids is 1. The molecule has 2 heteroatoms. The molecule has 0 bridgehead atoms. The van der Waals surface area contributed by atoms with E-state index in [9.17, 15) is 4.79 Å². The largest absolute Gasteiger partial charge is 0.345 e. The molecule has 1 N–H and O–H groups in total. The highest BCUT2D eigenvalue weighted by Gasteiger charge is 2.23. The lowest BCUT2D eigenvalue weighted by atomic mass is 9.82. The van der Waals surface area contributed by atoms with Crippen LogP contribution in [0.4, 0.5) is 0 Å². The van der Waals surface area contributed by atoms with E-state index in [1.807, 2.05) is 36.4 Å². The summed E-state index contributed by atoms with van der Waals surface area (Å²) in [6.07, 6.45) is 4.35. The third-order valence-electron chi connectivity index (χ3n) is 4.27. The van der Waals surface area contributed by atoms with Crippen LogP contribution in [0.15, 0.2) is 60.7 Å². The van der Waals surface area contributed by atoms with Crippen LogP contribution < -0.4 is 5.32 Å². The number of nitrogens with one attached hydrogen (secondary N) is 1. The number of hydrogen-bond donors (Lipinski definition) is 1. The molecule has 0 aromatic heterocycles. The molecule has 2 aromatic rings. The summed E-state index contributed by atoms with van der Waals surface area (Å²) in [6, 6.07) is 20.3. The molecule has 1 fully saturated rings. The van der Waals surface area contributed by atoms with Crippen LogP contribution in [0, 0.1) is 5.92 Å². The molecule has 0 radical (unpaired) electrons. The molecule has 1 saturated carbocycles. The molecule has 0 unspecified atom stereocenters. The van der Waals surface area contributed by atoms with Crippen molar-refractivity contribution in [3.8, 4) is 0 Å². The highest BCUT2D eigenvalue weighted by molar-refractivity contribution is 5.77. The Bertz CT molecular complexity index is 536. The Hall–Kier alpha value is -2.09. The average molecular weight is 279 g/mol. The maximum Gasteiger partial charge on any atom is 0.221 e. The van der Waals surface area contributed by atoms with Gasteiger partial charge >= 0.3 is 0 Å². The van der Waals surface area contributed by atoms with Crippen LogP contribution in [-0.2, 0) is 4.79 Å². The fraction of sp³-hybridized carbons (Fsp3) is 0.316. The van der Waals surface area contributed by atoms with Gasteiger partial charge in [-0.3, -0.25) is 4.79 Å². The van der Waals surface area contributed by atoms with Gasteiger partial charge in [-0.1, -0.05) is 67.1 Å². The summed E-state index contributed by atoms with van der Waals surface area (Å²) in [5.74, 6) is 0.759. The van der Waals surface area contributed by atoms with E-state index in [1.165, 1.54) is 19.3 Å². The van der Waals surface area contributed by atoms with Crippen LogP contribution in [0.2, 0.25) is 0 Å². The van der Waals surface area contributed by atoms with Crippen LogP contribution in [-0.4, -0.2) is 5.91 Å². The lowest BCUT2D eigenvalue weighted by Crippen LogP contribution is -2.31. The molecule has 2 nitrogen and oxygen atoms in total. The summed E-state index contributed by atoms with van der Waals surface area (Å²) < 4.78 is 0. The quantitative estimate of drug-likeness (QED) is 0.877. The minimum absolute atomic E-state index is 0.0556. The topological polar surface area (TPSA) is 29.1 Å². The number of benzene rings is 2. The Balaban J connectivity index is 1.77. The molecule has 0 atom stereocenters. The monoisotopic (exact) mass is 279 g/mol. The lowest BCUT2D eigenvalue weighted by molar-refractivity contribution is -0.123. The Labute approximate surface area is 126 Å². The van der Waals surface area contributed by atoms with Crippen molar-refractivity contribution in [3.63, 3.8) is 0 Å². The second kappa shape index (κ2) is 6.57. The fourth-order valence-electron chi connectivity index (χ4n) is 2.83. The van der Waals surface area contributed by atoms with Crippen LogP contribution >= 0.6 is 0 Å². The van der Waals surface area contributed by atoms with Crippen LogP contribution in [0.5, 0.6) is 0 Å². The van der Waals surface area contributed by atoms with Gasteiger partial charge in [0.1, 0.15) is 0 Å². The van der Waals surface area contributed by atoms with E-state index < -0.39 is 0 Å². The Morgan fingerprint density at radius 3 is 1.90 bits per heavy atom. The first-order valence-electron chi connectivity index (χ1n) is 7.72. The van der Waals surface area contributed by atoms with Crippen LogP contribution in [0.3, 0.4) is 0 Å². The smallest absolute Gasteiger partial charge is 0.221 e. The minimum atomic E-state index is -0.0556. The second-order valence-electron chi connectivity index (χ2n) is 5.82. The fourth-order valence-corrected chi connectivity index (χ4v) is 2.83. The summed E-state index contributed by atoms with van der Waals surface area (Å²) in [4.78, 5) is 12.3. The zero-order valence-electron chi connectivity index (χ0n) is 12.2. The van der Waals surface area contributed by atoms with Gasteiger partial charge in [0.15, 0.2) is 0 Å². The van der Waals surface area contributed by atoms with Crippen molar-refractivity contribution in [1.82, 2.24) is 5.32 Å². The molecular formula is C19H21NO. The van der Waals surface area contributed by atoms with Crippen molar-refractivity contribution in [2.75, 3.05) is 0 Å². The van der Waals surface area contributed by atoms with Crippen LogP contribution in [0.25, 0.3) is 0 Å². The first kappa shape index (κ1) is 13.9. The number of hydrogen-bond acceptors (Lipinski definition) is 1. The summed E-state index contributed by atoms with van der Waals surface area (Å²) in [7, 11) is 0. The molecule has 108 valence electrons. The molecule has 0 heterocycles. The third kappa shape index (κ3) is 3.52. The van der Waals surface area contributed by atoms with Crippen molar-refractivity contribution in [1.29, 1.82) is 0 Å². The van der Waals surface area contributed by atoms with Crippen molar-refractivity contribution in [2.45, 2.75) is 31.7 Å². The molecular weight excluding hydrogens is 258 g/mol. The van der Waals surface area contributed by atoms with Gasteiger partial charge < -0.3 is 5.32 Å². The number of rotatable bonds is 5. The van der Waals surface area contributed by atoms with E-state index in [1.54, 1.807) is 0 Å². The van der Waals surface area contributed by atoms with Gasteiger partial charge in [0.25, 0.3) is 0 Å². The Morgan fingerprint density at radius 2 is 1.48 bits per heavy atom. The minimum Gasteiger partial charge on any atom is -0.345 e. The Kier molecular flexibility index (Phi) is 4.34. The predicted octanol–water partition coefficient (Wildman–Crippen LogP) is 4.08. The normalized spacial score (nSPS) is 14.7. The van der Waals surface area contributed by atoms with Gasteiger partial charge in [-0.15, -0.1) is 0 Å². The van der Waals surface area contributed by atoms with Crippen molar-refractivity contribution >= 4 is 5.91 Å². The van der Waals surface area contributed by atoms with Crippen molar-refractivity contribution in [2.24, 2.45) is 5.92 Å². The second-order valence-corrected chi connectivity index (χ2v) is 5.82. The number of amides is 1. The van der Waals surface area contributed by atoms with Gasteiger partial charge in [-0.05, 0) is 29.9 Å².